The standard InChI is InChI=1S/C14H15N/c1-3-12-8-11(2)9-14(10-12)13-4-6-15-7-5-13/h4-10H,3H2,1-2H3. The van der Waals surface area contributed by atoms with Crippen LogP contribution in [0.3, 0.4) is 0 Å². The number of hydrogen-bond donors (Lipinski definition) is 0. The summed E-state index contributed by atoms with van der Waals surface area (Å²) in [4.78, 5) is 4.04. The first-order valence-electron chi connectivity index (χ1n) is 5.30. The summed E-state index contributed by atoms with van der Waals surface area (Å²) in [6.45, 7) is 4.33. The lowest BCUT2D eigenvalue weighted by molar-refractivity contribution is 1.13. The summed E-state index contributed by atoms with van der Waals surface area (Å²) >= 11 is 0. The average Bonchev–Trinajstić information content (AvgIpc) is 2.29. The zero-order valence-electron chi connectivity index (χ0n) is 9.20. The molecule has 1 aromatic carbocycles. The minimum absolute atomic E-state index is 1.08. The molecule has 1 heterocycles. The molecular weight excluding hydrogens is 182 g/mol. The fraction of sp³-hybridized carbons (Fsp3) is 0.214. The summed E-state index contributed by atoms with van der Waals surface area (Å²) in [6, 6.07) is 10.8. The first-order valence-corrected chi connectivity index (χ1v) is 5.30. The first-order chi connectivity index (χ1) is 7.29. The maximum Gasteiger partial charge on any atom is 0.0273 e. The maximum atomic E-state index is 4.04. The van der Waals surface area contributed by atoms with Crippen LogP contribution in [0.1, 0.15) is 18.1 Å². The molecule has 0 N–H and O–H groups in total. The van der Waals surface area contributed by atoms with Crippen LogP contribution in [0.15, 0.2) is 42.7 Å². The van der Waals surface area contributed by atoms with Crippen molar-refractivity contribution >= 4 is 0 Å². The second kappa shape index (κ2) is 4.26. The SMILES string of the molecule is CCc1cc(C)cc(-c2ccncc2)c1. The smallest absolute Gasteiger partial charge is 0.0273 e. The molecule has 0 amide bonds. The van der Waals surface area contributed by atoms with Crippen molar-refractivity contribution in [2.75, 3.05) is 0 Å². The van der Waals surface area contributed by atoms with Crippen molar-refractivity contribution in [3.8, 4) is 11.1 Å². The predicted octanol–water partition coefficient (Wildman–Crippen LogP) is 3.62. The van der Waals surface area contributed by atoms with Gasteiger partial charge >= 0.3 is 0 Å². The van der Waals surface area contributed by atoms with Gasteiger partial charge in [0.2, 0.25) is 0 Å². The molecule has 0 spiro atoms. The molecule has 0 saturated heterocycles. The third-order valence-electron chi connectivity index (χ3n) is 2.56. The summed E-state index contributed by atoms with van der Waals surface area (Å²) in [6.07, 6.45) is 4.76. The number of pyridine rings is 1. The van der Waals surface area contributed by atoms with Gasteiger partial charge in [0.25, 0.3) is 0 Å². The van der Waals surface area contributed by atoms with Gasteiger partial charge in [0.1, 0.15) is 0 Å². The molecule has 0 aliphatic carbocycles. The van der Waals surface area contributed by atoms with E-state index in [0.717, 1.165) is 6.42 Å². The van der Waals surface area contributed by atoms with Gasteiger partial charge in [-0.05, 0) is 42.2 Å². The Hall–Kier alpha value is -1.63. The molecule has 76 valence electrons. The zero-order chi connectivity index (χ0) is 10.7. The van der Waals surface area contributed by atoms with Crippen LogP contribution >= 0.6 is 0 Å². The van der Waals surface area contributed by atoms with Crippen LogP contribution in [-0.2, 0) is 6.42 Å². The Morgan fingerprint density at radius 2 is 1.73 bits per heavy atom. The van der Waals surface area contributed by atoms with Gasteiger partial charge in [-0.2, -0.15) is 0 Å². The third-order valence-corrected chi connectivity index (χ3v) is 2.56. The van der Waals surface area contributed by atoms with Crippen molar-refractivity contribution in [3.05, 3.63) is 53.9 Å². The van der Waals surface area contributed by atoms with Crippen LogP contribution in [0.2, 0.25) is 0 Å². The lowest BCUT2D eigenvalue weighted by Gasteiger charge is -2.06. The fourth-order valence-electron chi connectivity index (χ4n) is 1.78. The second-order valence-electron chi connectivity index (χ2n) is 3.80. The minimum atomic E-state index is 1.08. The van der Waals surface area contributed by atoms with E-state index in [9.17, 15) is 0 Å². The van der Waals surface area contributed by atoms with E-state index in [0.29, 0.717) is 0 Å². The molecule has 0 fully saturated rings. The number of aryl methyl sites for hydroxylation is 2. The number of rotatable bonds is 2. The van der Waals surface area contributed by atoms with E-state index in [4.69, 9.17) is 0 Å². The monoisotopic (exact) mass is 197 g/mol. The Labute approximate surface area is 90.8 Å². The molecule has 0 aliphatic rings. The molecule has 0 aliphatic heterocycles. The summed E-state index contributed by atoms with van der Waals surface area (Å²) < 4.78 is 0. The predicted molar refractivity (Wildman–Crippen MR) is 63.8 cm³/mol. The highest BCUT2D eigenvalue weighted by atomic mass is 14.6. The Balaban J connectivity index is 2.49. The second-order valence-corrected chi connectivity index (χ2v) is 3.80. The van der Waals surface area contributed by atoms with Crippen molar-refractivity contribution in [2.24, 2.45) is 0 Å². The Morgan fingerprint density at radius 3 is 2.40 bits per heavy atom. The van der Waals surface area contributed by atoms with Gasteiger partial charge in [-0.25, -0.2) is 0 Å². The molecule has 1 heteroatoms. The van der Waals surface area contributed by atoms with Crippen molar-refractivity contribution < 1.29 is 0 Å². The number of aromatic nitrogens is 1. The van der Waals surface area contributed by atoms with Gasteiger partial charge in [0, 0.05) is 12.4 Å². The van der Waals surface area contributed by atoms with Crippen molar-refractivity contribution in [3.63, 3.8) is 0 Å². The van der Waals surface area contributed by atoms with Crippen molar-refractivity contribution in [2.45, 2.75) is 20.3 Å². The topological polar surface area (TPSA) is 12.9 Å². The van der Waals surface area contributed by atoms with Gasteiger partial charge in [-0.1, -0.05) is 30.7 Å². The lowest BCUT2D eigenvalue weighted by Crippen LogP contribution is -1.86. The molecule has 0 radical (unpaired) electrons. The third kappa shape index (κ3) is 2.24. The quantitative estimate of drug-likeness (QED) is 0.716. The molecule has 0 saturated carbocycles. The fourth-order valence-corrected chi connectivity index (χ4v) is 1.78. The molecule has 2 rings (SSSR count). The highest BCUT2D eigenvalue weighted by Gasteiger charge is 1.99. The zero-order valence-corrected chi connectivity index (χ0v) is 9.20. The minimum Gasteiger partial charge on any atom is -0.265 e. The van der Waals surface area contributed by atoms with Gasteiger partial charge in [0.05, 0.1) is 0 Å². The highest BCUT2D eigenvalue weighted by molar-refractivity contribution is 5.64. The number of benzene rings is 1. The van der Waals surface area contributed by atoms with Crippen molar-refractivity contribution in [1.82, 2.24) is 4.98 Å². The van der Waals surface area contributed by atoms with E-state index >= 15 is 0 Å². The Bertz CT molecular complexity index is 446. The van der Waals surface area contributed by atoms with Crippen LogP contribution in [0.25, 0.3) is 11.1 Å². The van der Waals surface area contributed by atoms with Crippen LogP contribution < -0.4 is 0 Å². The first kappa shape index (κ1) is 9.91. The van der Waals surface area contributed by atoms with E-state index in [-0.39, 0.29) is 0 Å². The Morgan fingerprint density at radius 1 is 1.00 bits per heavy atom. The molecule has 1 aromatic heterocycles. The van der Waals surface area contributed by atoms with E-state index in [1.54, 1.807) is 0 Å². The normalized spacial score (nSPS) is 10.3. The summed E-state index contributed by atoms with van der Waals surface area (Å²) in [7, 11) is 0. The summed E-state index contributed by atoms with van der Waals surface area (Å²) in [5, 5.41) is 0. The number of nitrogens with zero attached hydrogens (tertiary/aromatic N) is 1. The van der Waals surface area contributed by atoms with E-state index in [1.165, 1.54) is 22.3 Å². The summed E-state index contributed by atoms with van der Waals surface area (Å²) in [5.74, 6) is 0. The molecular formula is C14H15N. The molecule has 2 aromatic rings. The van der Waals surface area contributed by atoms with Crippen LogP contribution in [0.4, 0.5) is 0 Å². The average molecular weight is 197 g/mol. The molecule has 0 unspecified atom stereocenters. The molecule has 1 nitrogen and oxygen atoms in total. The lowest BCUT2D eigenvalue weighted by atomic mass is 10.0. The van der Waals surface area contributed by atoms with Gasteiger partial charge in [0.15, 0.2) is 0 Å². The van der Waals surface area contributed by atoms with Crippen LogP contribution in [0, 0.1) is 6.92 Å². The number of hydrogen-bond acceptors (Lipinski definition) is 1. The maximum absolute atomic E-state index is 4.04. The van der Waals surface area contributed by atoms with Crippen LogP contribution in [-0.4, -0.2) is 4.98 Å². The molecule has 0 atom stereocenters. The molecule has 0 bridgehead atoms. The Kier molecular flexibility index (Phi) is 2.82. The van der Waals surface area contributed by atoms with E-state index in [1.807, 2.05) is 24.5 Å². The van der Waals surface area contributed by atoms with Crippen LogP contribution in [0.5, 0.6) is 0 Å². The van der Waals surface area contributed by atoms with Gasteiger partial charge in [-0.3, -0.25) is 4.98 Å². The molecule has 15 heavy (non-hydrogen) atoms. The van der Waals surface area contributed by atoms with Crippen molar-refractivity contribution in [1.29, 1.82) is 0 Å². The van der Waals surface area contributed by atoms with E-state index < -0.39 is 0 Å². The van der Waals surface area contributed by atoms with E-state index in [2.05, 4.69) is 37.0 Å². The highest BCUT2D eigenvalue weighted by Crippen LogP contribution is 2.21. The summed E-state index contributed by atoms with van der Waals surface area (Å²) in [5.41, 5.74) is 5.24. The van der Waals surface area contributed by atoms with Gasteiger partial charge in [-0.15, -0.1) is 0 Å². The largest absolute Gasteiger partial charge is 0.265 e. The van der Waals surface area contributed by atoms with Gasteiger partial charge < -0.3 is 0 Å².